The average Bonchev–Trinajstić information content (AvgIpc) is 2.52. The fourth-order valence-electron chi connectivity index (χ4n) is 2.36. The zero-order chi connectivity index (χ0) is 15.2. The van der Waals surface area contributed by atoms with Crippen molar-refractivity contribution < 1.29 is 10.0 Å². The van der Waals surface area contributed by atoms with Crippen LogP contribution in [0.5, 0.6) is 0 Å². The van der Waals surface area contributed by atoms with Crippen LogP contribution in [0.1, 0.15) is 5.56 Å². The van der Waals surface area contributed by atoms with Gasteiger partial charge in [-0.2, -0.15) is 0 Å². The van der Waals surface area contributed by atoms with Gasteiger partial charge in [0.2, 0.25) is 0 Å². The van der Waals surface area contributed by atoms with Crippen molar-refractivity contribution in [3.8, 4) is 11.1 Å². The fraction of sp³-hybridized carbons (Fsp3) is 0. The van der Waals surface area contributed by atoms with Crippen molar-refractivity contribution >= 4 is 18.2 Å². The smallest absolute Gasteiger partial charge is 0.423 e. The highest BCUT2D eigenvalue weighted by atomic mass is 16.4. The molecule has 3 heteroatoms. The minimum Gasteiger partial charge on any atom is -0.423 e. The highest BCUT2D eigenvalue weighted by molar-refractivity contribution is 6.61. The second-order valence-corrected chi connectivity index (χ2v) is 4.57. The van der Waals surface area contributed by atoms with Crippen molar-refractivity contribution in [2.24, 2.45) is 0 Å². The quantitative estimate of drug-likeness (QED) is 0.651. The third kappa shape index (κ3) is 3.22. The summed E-state index contributed by atoms with van der Waals surface area (Å²) < 4.78 is 0. The summed E-state index contributed by atoms with van der Waals surface area (Å²) in [6.45, 7) is 7.46. The molecule has 0 fully saturated rings. The predicted octanol–water partition coefficient (Wildman–Crippen LogP) is 2.79. The predicted molar refractivity (Wildman–Crippen MR) is 90.1 cm³/mol. The van der Waals surface area contributed by atoms with Crippen molar-refractivity contribution in [1.29, 1.82) is 0 Å². The normalized spacial score (nSPS) is 11.0. The number of rotatable bonds is 5. The molecule has 0 saturated heterocycles. The standard InChI is InChI=1S/C18H17BO2/c1-3-9-14(4-2)16-12-8-13-17(18(16)19(20)21)15-10-6-5-7-11-15/h3-13,20-21H,1-2H2/b14-9+. The van der Waals surface area contributed by atoms with Crippen LogP contribution in [0, 0.1) is 0 Å². The van der Waals surface area contributed by atoms with E-state index in [0.717, 1.165) is 22.3 Å². The number of allylic oxidation sites excluding steroid dienone is 4. The summed E-state index contributed by atoms with van der Waals surface area (Å²) in [4.78, 5) is 0. The molecule has 0 aliphatic heterocycles. The first kappa shape index (κ1) is 15.0. The van der Waals surface area contributed by atoms with Crippen LogP contribution in [0.4, 0.5) is 0 Å². The summed E-state index contributed by atoms with van der Waals surface area (Å²) in [7, 11) is -1.57. The molecule has 2 aromatic rings. The lowest BCUT2D eigenvalue weighted by Crippen LogP contribution is -2.34. The molecule has 0 aromatic heterocycles. The van der Waals surface area contributed by atoms with E-state index in [1.807, 2.05) is 48.5 Å². The summed E-state index contributed by atoms with van der Waals surface area (Å²) in [6.07, 6.45) is 5.13. The van der Waals surface area contributed by atoms with E-state index in [-0.39, 0.29) is 0 Å². The zero-order valence-electron chi connectivity index (χ0n) is 11.7. The molecule has 2 N–H and O–H groups in total. The van der Waals surface area contributed by atoms with Crippen LogP contribution in [0.3, 0.4) is 0 Å². The topological polar surface area (TPSA) is 40.5 Å². The first-order chi connectivity index (χ1) is 10.2. The minimum atomic E-state index is -1.57. The monoisotopic (exact) mass is 276 g/mol. The Labute approximate surface area is 125 Å². The van der Waals surface area contributed by atoms with E-state index in [1.54, 1.807) is 18.2 Å². The molecule has 0 radical (unpaired) electrons. The van der Waals surface area contributed by atoms with Crippen LogP contribution in [0.2, 0.25) is 0 Å². The molecule has 0 amide bonds. The second kappa shape index (κ2) is 6.89. The third-order valence-electron chi connectivity index (χ3n) is 3.28. The van der Waals surface area contributed by atoms with Crippen molar-refractivity contribution in [2.75, 3.05) is 0 Å². The van der Waals surface area contributed by atoms with Crippen LogP contribution >= 0.6 is 0 Å². The summed E-state index contributed by atoms with van der Waals surface area (Å²) in [5.74, 6) is 0. The van der Waals surface area contributed by atoms with Gasteiger partial charge in [0.25, 0.3) is 0 Å². The lowest BCUT2D eigenvalue weighted by atomic mass is 9.71. The molecule has 0 spiro atoms. The molecule has 21 heavy (non-hydrogen) atoms. The molecule has 0 atom stereocenters. The molecule has 104 valence electrons. The van der Waals surface area contributed by atoms with Gasteiger partial charge in [-0.25, -0.2) is 0 Å². The Morgan fingerprint density at radius 1 is 0.952 bits per heavy atom. The molecule has 0 bridgehead atoms. The molecule has 0 heterocycles. The summed E-state index contributed by atoms with van der Waals surface area (Å²) in [5.41, 5.74) is 3.73. The Morgan fingerprint density at radius 2 is 1.67 bits per heavy atom. The number of hydrogen-bond donors (Lipinski definition) is 2. The van der Waals surface area contributed by atoms with Gasteiger partial charge in [0, 0.05) is 0 Å². The third-order valence-corrected chi connectivity index (χ3v) is 3.28. The van der Waals surface area contributed by atoms with E-state index in [0.29, 0.717) is 5.46 Å². The summed E-state index contributed by atoms with van der Waals surface area (Å²) >= 11 is 0. The van der Waals surface area contributed by atoms with Crippen molar-refractivity contribution in [3.05, 3.63) is 85.5 Å². The maximum absolute atomic E-state index is 9.83. The number of hydrogen-bond acceptors (Lipinski definition) is 2. The molecule has 0 aliphatic rings. The molecule has 0 unspecified atom stereocenters. The molecule has 2 nitrogen and oxygen atoms in total. The Hall–Kier alpha value is -2.36. The van der Waals surface area contributed by atoms with Crippen molar-refractivity contribution in [3.63, 3.8) is 0 Å². The Morgan fingerprint density at radius 3 is 2.24 bits per heavy atom. The molecule has 0 saturated carbocycles. The van der Waals surface area contributed by atoms with Crippen molar-refractivity contribution in [2.45, 2.75) is 0 Å². The van der Waals surface area contributed by atoms with Crippen LogP contribution < -0.4 is 5.46 Å². The second-order valence-electron chi connectivity index (χ2n) is 4.57. The lowest BCUT2D eigenvalue weighted by molar-refractivity contribution is 0.426. The largest absolute Gasteiger partial charge is 0.489 e. The van der Waals surface area contributed by atoms with E-state index in [9.17, 15) is 10.0 Å². The van der Waals surface area contributed by atoms with Gasteiger partial charge in [0.1, 0.15) is 0 Å². The van der Waals surface area contributed by atoms with Crippen LogP contribution in [-0.2, 0) is 0 Å². The highest BCUT2D eigenvalue weighted by Gasteiger charge is 2.21. The van der Waals surface area contributed by atoms with Crippen LogP contribution in [-0.4, -0.2) is 17.2 Å². The van der Waals surface area contributed by atoms with Gasteiger partial charge < -0.3 is 10.0 Å². The number of benzene rings is 2. The fourth-order valence-corrected chi connectivity index (χ4v) is 2.36. The van der Waals surface area contributed by atoms with Crippen molar-refractivity contribution in [1.82, 2.24) is 0 Å². The molecule has 2 rings (SSSR count). The first-order valence-electron chi connectivity index (χ1n) is 6.69. The maximum atomic E-state index is 9.83. The van der Waals surface area contributed by atoms with Gasteiger partial charge >= 0.3 is 7.12 Å². The van der Waals surface area contributed by atoms with Crippen LogP contribution in [0.15, 0.2) is 79.9 Å². The Balaban J connectivity index is 2.72. The average molecular weight is 276 g/mol. The Bertz CT molecular complexity index is 673. The SMILES string of the molecule is C=C/C=C(\C=C)c1cccc(-c2ccccc2)c1B(O)O. The van der Waals surface area contributed by atoms with Gasteiger partial charge in [-0.15, -0.1) is 0 Å². The van der Waals surface area contributed by atoms with E-state index in [4.69, 9.17) is 0 Å². The van der Waals surface area contributed by atoms with E-state index in [2.05, 4.69) is 13.2 Å². The minimum absolute atomic E-state index is 0.469. The lowest BCUT2D eigenvalue weighted by Gasteiger charge is -2.15. The van der Waals surface area contributed by atoms with Gasteiger partial charge in [0.05, 0.1) is 0 Å². The summed E-state index contributed by atoms with van der Waals surface area (Å²) in [5, 5.41) is 19.7. The maximum Gasteiger partial charge on any atom is 0.489 e. The molecular weight excluding hydrogens is 259 g/mol. The Kier molecular flexibility index (Phi) is 4.93. The first-order valence-corrected chi connectivity index (χ1v) is 6.69. The van der Waals surface area contributed by atoms with E-state index < -0.39 is 7.12 Å². The van der Waals surface area contributed by atoms with E-state index in [1.165, 1.54) is 0 Å². The molecule has 2 aromatic carbocycles. The zero-order valence-corrected chi connectivity index (χ0v) is 11.7. The van der Waals surface area contributed by atoms with Gasteiger partial charge in [0.15, 0.2) is 0 Å². The molecular formula is C18H17BO2. The van der Waals surface area contributed by atoms with Gasteiger partial charge in [-0.3, -0.25) is 0 Å². The summed E-state index contributed by atoms with van der Waals surface area (Å²) in [6, 6.07) is 15.3. The van der Waals surface area contributed by atoms with E-state index >= 15 is 0 Å². The highest BCUT2D eigenvalue weighted by Crippen LogP contribution is 2.22. The van der Waals surface area contributed by atoms with Gasteiger partial charge in [-0.1, -0.05) is 79.9 Å². The van der Waals surface area contributed by atoms with Crippen LogP contribution in [0.25, 0.3) is 16.7 Å². The molecule has 0 aliphatic carbocycles. The van der Waals surface area contributed by atoms with Gasteiger partial charge in [-0.05, 0) is 27.7 Å².